The van der Waals surface area contributed by atoms with Crippen LogP contribution >= 0.6 is 190 Å². The van der Waals surface area contributed by atoms with Gasteiger partial charge >= 0.3 is 89.5 Å². The van der Waals surface area contributed by atoms with E-state index in [1.54, 1.807) is 0 Å². The van der Waals surface area contributed by atoms with Crippen molar-refractivity contribution in [3.63, 3.8) is 0 Å². The molecule has 4 heterocycles. The highest BCUT2D eigenvalue weighted by Gasteiger charge is 2.29. The molecule has 0 aliphatic heterocycles. The molecular weight excluding hydrogens is 2330 g/mol. The maximum absolute atomic E-state index is 10.9. The monoisotopic (exact) mass is 2390 g/mol. The van der Waals surface area contributed by atoms with Gasteiger partial charge in [0.15, 0.2) is 34.2 Å². The van der Waals surface area contributed by atoms with Gasteiger partial charge in [-0.2, -0.15) is 59.8 Å². The van der Waals surface area contributed by atoms with Gasteiger partial charge in [0.1, 0.15) is 35.9 Å². The van der Waals surface area contributed by atoms with Crippen LogP contribution in [0.2, 0.25) is 31.7 Å². The SMILES string of the molecule is C=C(Br)C(=O)O.O=C(O)C(CO)Nc1nc(Cl)nc(NC(CO)C(=O)O)n1.O=C(O)CC(Nc1nc(Cl)nc(Cl)n1)C(=O)O.O=C(O)CCC(Nc1nc(Cl)nc(Cl)n1)C(=O)O.O=C(O)CNc1nc(Cl)nc(NCC(=O)O)n1.O=COC(Cl)/C=C/CC(=O)O.O=COC(Cl)C(=O)O.O=COC(Cl)C(Cl)C(=O)O.O=COC(Cl)C(O)C(=O)O.O=COC(Cl)CC(Cl)C(=O)O.O=COC(Cl)CCC(Cl)C(=O)O. The number of carboxylic acid groups (broad SMARTS) is 15. The second-order valence-electron chi connectivity index (χ2n) is 22.0. The van der Waals surface area contributed by atoms with Crippen molar-refractivity contribution in [3.05, 3.63) is 54.9 Å². The highest BCUT2D eigenvalue weighted by Crippen LogP contribution is 2.19. The number of nitrogens with zero attached hydrogens (tertiary/aromatic N) is 12. The highest BCUT2D eigenvalue weighted by atomic mass is 79.9. The van der Waals surface area contributed by atoms with Crippen LogP contribution in [0.5, 0.6) is 0 Å². The van der Waals surface area contributed by atoms with Crippen LogP contribution < -0.4 is 31.9 Å². The Labute approximate surface area is 866 Å². The van der Waals surface area contributed by atoms with Crippen LogP contribution in [0, 0.1) is 0 Å². The zero-order valence-electron chi connectivity index (χ0n) is 68.7. The number of aliphatic carboxylic acids is 15. The summed E-state index contributed by atoms with van der Waals surface area (Å²) in [7, 11) is 0. The number of alkyl halides is 9. The van der Waals surface area contributed by atoms with Crippen LogP contribution in [0.15, 0.2) is 23.2 Å². The van der Waals surface area contributed by atoms with Crippen molar-refractivity contribution in [1.29, 1.82) is 0 Å². The van der Waals surface area contributed by atoms with E-state index in [0.717, 1.165) is 0 Å². The minimum Gasteiger partial charge on any atom is -0.481 e. The van der Waals surface area contributed by atoms with Crippen LogP contribution in [-0.4, -0.2) is 386 Å². The number of anilines is 6. The number of aliphatic hydroxyl groups is 3. The molecule has 79 heteroatoms. The summed E-state index contributed by atoms with van der Waals surface area (Å²) in [5.41, 5.74) is -7.08. The molecule has 4 aromatic rings. The van der Waals surface area contributed by atoms with Crippen LogP contribution in [0.4, 0.5) is 35.7 Å². The topological polar surface area (TPSA) is 1000 Å². The number of halogens is 16. The summed E-state index contributed by atoms with van der Waals surface area (Å²) in [5, 5.41) is 161. The fourth-order valence-corrected chi connectivity index (χ4v) is 8.20. The molecule has 0 fully saturated rings. The first-order chi connectivity index (χ1) is 65.4. The fraction of sp³-hybridized carbons (Fsp3) is 0.403. The van der Waals surface area contributed by atoms with Crippen molar-refractivity contribution in [1.82, 2.24) is 59.8 Å². The van der Waals surface area contributed by atoms with Crippen molar-refractivity contribution in [2.24, 2.45) is 0 Å². The number of rotatable bonds is 53. The Kier molecular flexibility index (Phi) is 84.2. The van der Waals surface area contributed by atoms with Gasteiger partial charge in [-0.15, -0.1) is 34.8 Å². The van der Waals surface area contributed by atoms with Crippen LogP contribution in [0.25, 0.3) is 0 Å². The predicted octanol–water partition coefficient (Wildman–Crippen LogP) is 2.32. The number of carbonyl (C=O) groups is 21. The summed E-state index contributed by atoms with van der Waals surface area (Å²) in [6.45, 7) is 1.37. The van der Waals surface area contributed by atoms with Gasteiger partial charge in [-0.25, -0.2) is 33.6 Å². The second-order valence-corrected chi connectivity index (χ2v) is 29.2. The third kappa shape index (κ3) is 83.4. The molecule has 14 atom stereocenters. The summed E-state index contributed by atoms with van der Waals surface area (Å²) in [5.74, 6) is -19.4. The van der Waals surface area contributed by atoms with E-state index < -0.39 is 202 Å². The first-order valence-corrected chi connectivity index (χ1v) is 41.5. The maximum Gasteiger partial charge on any atom is 0.361 e. The molecule has 0 aromatic carbocycles. The van der Waals surface area contributed by atoms with Crippen LogP contribution in [-0.2, 0) is 129 Å². The molecule has 0 amide bonds. The maximum atomic E-state index is 10.9. The van der Waals surface area contributed by atoms with Crippen LogP contribution in [0.1, 0.15) is 44.9 Å². The van der Waals surface area contributed by atoms with E-state index in [9.17, 15) is 101 Å². The standard InChI is InChI=1S/C9H12ClN5O6.C8H8Cl2N4O4.C7H6Cl2N4O4.C7H8ClN5O4.C6H8Cl2O4.C6H7ClO4.C5H6Cl2O4.C4H4Cl2O4.C4H5ClO5.C3H3BrO2.C3H3ClO4/c10-7-13-8(11-3(1-16)5(18)19)15-9(14-7)12-4(2-17)6(20)21;9-6-12-7(10)14-8(13-6)11-3(5(17)18)1-2-4(15)16;8-5-11-6(9)13-7(12-5)10-2(4(16)17)1-3(14)15;8-5-11-6(9-1-3(14)15)13-7(12-5)10-2-4(16)17;7-4(6(10)11)1-2-5(8)12-3-9;7-5(11-4-8)2-1-3-6(9)10;6-3(5(9)10)1-4(7)11-2-8;5-2(4(8)9)3(6)10-1-7;5-3(10-1-6)2(7)4(8)9;1-2(4)3(5)6;4-2(3(6)7)8-1-5/h3-4,16-17H,1-2H2,(H,18,19)(H,20,21)(H2,11,12,13,14,15);3H,1-2H2,(H,15,16)(H,17,18)(H,11,12,13,14);2H,1H2,(H,14,15)(H,16,17)(H,10,11,12,13);1-2H2,(H,14,15)(H,16,17)(H2,9,10,11,12,13);3-5H,1-2H2,(H,10,11);1-2,4-5H,3H2,(H,9,10);2-4H,1H2,(H,9,10);1-3H,(H,8,9);1-3,7H,(H,8,9);1H2,(H,5,6);1-2H,(H,6,7)/b;;;;;2-1+;;;;;. The van der Waals surface area contributed by atoms with Gasteiger partial charge in [-0.3, -0.25) is 67.1 Å². The average Bonchev–Trinajstić information content (AvgIpc) is 0.854. The Morgan fingerprint density at radius 3 is 0.986 bits per heavy atom. The highest BCUT2D eigenvalue weighted by molar-refractivity contribution is 9.12. The number of aromatic nitrogens is 12. The lowest BCUT2D eigenvalue weighted by Gasteiger charge is -2.14. The first-order valence-electron chi connectivity index (χ1n) is 34.5. The molecule has 0 saturated heterocycles. The summed E-state index contributed by atoms with van der Waals surface area (Å²) < 4.78 is 24.5. The Morgan fingerprint density at radius 2 is 0.688 bits per heavy atom. The molecule has 4 rings (SSSR count). The largest absolute Gasteiger partial charge is 0.481 e. The van der Waals surface area contributed by atoms with E-state index in [0.29, 0.717) is 0 Å². The number of aliphatic hydroxyl groups excluding tert-OH is 3. The lowest BCUT2D eigenvalue weighted by atomic mass is 10.1. The molecule has 0 spiro atoms. The molecular formula is C62H70BrCl15N18O45. The van der Waals surface area contributed by atoms with Crippen molar-refractivity contribution < 1.29 is 221 Å². The summed E-state index contributed by atoms with van der Waals surface area (Å²) in [6.07, 6.45) is -0.235. The smallest absolute Gasteiger partial charge is 0.361 e. The van der Waals surface area contributed by atoms with Gasteiger partial charge in [0.2, 0.25) is 84.6 Å². The molecule has 790 valence electrons. The first kappa shape index (κ1) is 142. The zero-order valence-corrected chi connectivity index (χ0v) is 81.6. The third-order valence-corrected chi connectivity index (χ3v) is 16.2. The van der Waals surface area contributed by atoms with E-state index in [4.69, 9.17) is 266 Å². The molecule has 63 nitrogen and oxygen atoms in total. The van der Waals surface area contributed by atoms with Crippen molar-refractivity contribution in [2.45, 2.75) is 125 Å². The summed E-state index contributed by atoms with van der Waals surface area (Å²) in [4.78, 5) is 255. The van der Waals surface area contributed by atoms with Crippen molar-refractivity contribution in [3.8, 4) is 0 Å². The quantitative estimate of drug-likeness (QED) is 0.00991. The minimum absolute atomic E-state index is 0.0116. The molecule has 14 unspecified atom stereocenters. The number of ether oxygens (including phenoxy) is 6. The Hall–Kier alpha value is -12.1. The van der Waals surface area contributed by atoms with Gasteiger partial charge in [-0.1, -0.05) is 82.3 Å². The molecule has 0 aliphatic carbocycles. The van der Waals surface area contributed by atoms with Gasteiger partial charge in [-0.05, 0) is 104 Å². The number of carboxylic acids is 15. The lowest BCUT2D eigenvalue weighted by molar-refractivity contribution is -0.154. The molecule has 0 aliphatic rings. The summed E-state index contributed by atoms with van der Waals surface area (Å²) >= 11 is 82.6. The molecule has 0 radical (unpaired) electrons. The molecule has 24 N–H and O–H groups in total. The zero-order chi connectivity index (χ0) is 111. The van der Waals surface area contributed by atoms with E-state index in [2.05, 4.69) is 143 Å². The molecule has 0 saturated carbocycles. The van der Waals surface area contributed by atoms with E-state index in [1.165, 1.54) is 12.2 Å². The van der Waals surface area contributed by atoms with E-state index in [-0.39, 0.29) is 149 Å². The summed E-state index contributed by atoms with van der Waals surface area (Å²) in [6, 6.07) is -5.29. The minimum atomic E-state index is -1.88. The number of hydrogen-bond donors (Lipinski definition) is 24. The number of carbonyl (C=O) groups excluding carboxylic acids is 6. The third-order valence-electron chi connectivity index (χ3n) is 11.7. The van der Waals surface area contributed by atoms with Gasteiger partial charge in [0, 0.05) is 19.3 Å². The Bertz CT molecular complexity index is 4550. The lowest BCUT2D eigenvalue weighted by Crippen LogP contribution is -2.35. The van der Waals surface area contributed by atoms with Crippen LogP contribution in [0.3, 0.4) is 0 Å². The Balaban J connectivity index is -0.000000285. The predicted molar refractivity (Wildman–Crippen MR) is 480 cm³/mol. The molecule has 0 bridgehead atoms. The average molecular weight is 2400 g/mol. The van der Waals surface area contributed by atoms with Crippen molar-refractivity contribution >= 4 is 354 Å². The molecule has 141 heavy (non-hydrogen) atoms. The van der Waals surface area contributed by atoms with Crippen molar-refractivity contribution in [2.75, 3.05) is 58.2 Å². The fourth-order valence-electron chi connectivity index (χ4n) is 5.84. The molecule has 4 aromatic heterocycles. The normalized spacial score (nSPS) is 12.7. The van der Waals surface area contributed by atoms with Gasteiger partial charge in [0.25, 0.3) is 44.4 Å². The number of hydrogen-bond acceptors (Lipinski definition) is 48. The van der Waals surface area contributed by atoms with E-state index in [1.807, 2.05) is 0 Å². The van der Waals surface area contributed by atoms with E-state index >= 15 is 0 Å². The van der Waals surface area contributed by atoms with Gasteiger partial charge in [0.05, 0.1) is 30.5 Å². The van der Waals surface area contributed by atoms with Gasteiger partial charge < -0.3 is 152 Å². The Morgan fingerprint density at radius 1 is 0.355 bits per heavy atom. The second kappa shape index (κ2) is 83.7. The number of nitrogens with one attached hydrogen (secondary N) is 6.